The van der Waals surface area contributed by atoms with E-state index in [1.807, 2.05) is 0 Å². The van der Waals surface area contributed by atoms with Crippen LogP contribution in [0.15, 0.2) is 0 Å². The van der Waals surface area contributed by atoms with Crippen molar-refractivity contribution in [3.05, 3.63) is 0 Å². The summed E-state index contributed by atoms with van der Waals surface area (Å²) < 4.78 is 0. The van der Waals surface area contributed by atoms with E-state index in [9.17, 15) is 19.2 Å². The molecule has 0 heterocycles. The predicted molar refractivity (Wildman–Crippen MR) is 109 cm³/mol. The normalized spacial score (nSPS) is 14.9. The third-order valence-electron chi connectivity index (χ3n) is 4.30. The van der Waals surface area contributed by atoms with Gasteiger partial charge in [0.2, 0.25) is 17.7 Å². The number of carboxylic acids is 1. The van der Waals surface area contributed by atoms with Gasteiger partial charge in [0.25, 0.3) is 0 Å². The molecule has 0 aromatic rings. The number of amides is 3. The Bertz CT molecular complexity index is 543. The van der Waals surface area contributed by atoms with Crippen molar-refractivity contribution >= 4 is 23.7 Å². The zero-order valence-corrected chi connectivity index (χ0v) is 17.3. The first-order chi connectivity index (χ1) is 13.6. The summed E-state index contributed by atoms with van der Waals surface area (Å²) >= 11 is 0. The van der Waals surface area contributed by atoms with Gasteiger partial charge in [-0.3, -0.25) is 19.2 Å². The molecule has 0 spiro atoms. The van der Waals surface area contributed by atoms with Gasteiger partial charge in [0.05, 0.1) is 6.04 Å². The molecular weight excluding hydrogens is 380 g/mol. The van der Waals surface area contributed by atoms with Crippen LogP contribution in [0.25, 0.3) is 0 Å². The van der Waals surface area contributed by atoms with Gasteiger partial charge >= 0.3 is 5.97 Å². The van der Waals surface area contributed by atoms with E-state index in [1.54, 1.807) is 0 Å². The summed E-state index contributed by atoms with van der Waals surface area (Å²) in [6.45, 7) is 3.71. The molecule has 0 rings (SSSR count). The maximum Gasteiger partial charge on any atom is 0.325 e. The molecule has 11 heteroatoms. The van der Waals surface area contributed by atoms with E-state index in [1.165, 1.54) is 13.8 Å². The molecule has 0 fully saturated rings. The zero-order valence-electron chi connectivity index (χ0n) is 17.3. The first kappa shape index (κ1) is 26.8. The highest BCUT2D eigenvalue weighted by Crippen LogP contribution is 2.06. The first-order valence-corrected chi connectivity index (χ1v) is 9.93. The van der Waals surface area contributed by atoms with Crippen LogP contribution in [0.5, 0.6) is 0 Å². The van der Waals surface area contributed by atoms with E-state index in [-0.39, 0.29) is 6.42 Å². The van der Waals surface area contributed by atoms with E-state index < -0.39 is 47.9 Å². The lowest BCUT2D eigenvalue weighted by molar-refractivity contribution is -0.141. The van der Waals surface area contributed by atoms with E-state index in [0.29, 0.717) is 45.2 Å². The van der Waals surface area contributed by atoms with Crippen LogP contribution < -0.4 is 33.2 Å². The van der Waals surface area contributed by atoms with E-state index in [2.05, 4.69) is 16.0 Å². The fraction of sp³-hybridized carbons (Fsp3) is 0.778. The Balaban J connectivity index is 5.20. The van der Waals surface area contributed by atoms with Gasteiger partial charge in [-0.2, -0.15) is 0 Å². The second-order valence-electron chi connectivity index (χ2n) is 7.05. The van der Waals surface area contributed by atoms with Gasteiger partial charge in [-0.15, -0.1) is 0 Å². The van der Waals surface area contributed by atoms with Gasteiger partial charge in [-0.25, -0.2) is 0 Å². The van der Waals surface area contributed by atoms with Crippen molar-refractivity contribution in [3.8, 4) is 0 Å². The largest absolute Gasteiger partial charge is 0.480 e. The standard InChI is InChI=1S/C18H36N6O5/c1-11(21)15(25)23-14(8-4-6-10-20)17(27)24-13(7-3-5-9-19)16(26)22-12(2)18(28)29/h11-14H,3-10,19-21H2,1-2H3,(H,22,26)(H,23,25)(H,24,27)(H,28,29). The highest BCUT2D eigenvalue weighted by atomic mass is 16.4. The van der Waals surface area contributed by atoms with Crippen molar-refractivity contribution in [1.82, 2.24) is 16.0 Å². The van der Waals surface area contributed by atoms with E-state index >= 15 is 0 Å². The Morgan fingerprint density at radius 3 is 1.55 bits per heavy atom. The number of hydrogen-bond donors (Lipinski definition) is 7. The van der Waals surface area contributed by atoms with Crippen molar-refractivity contribution in [2.75, 3.05) is 13.1 Å². The van der Waals surface area contributed by atoms with Crippen LogP contribution in [0.1, 0.15) is 52.4 Å². The Labute approximate surface area is 171 Å². The molecule has 0 aliphatic carbocycles. The lowest BCUT2D eigenvalue weighted by Crippen LogP contribution is -2.56. The second-order valence-corrected chi connectivity index (χ2v) is 7.05. The number of aliphatic carboxylic acids is 1. The fourth-order valence-electron chi connectivity index (χ4n) is 2.47. The van der Waals surface area contributed by atoms with Crippen LogP contribution in [0.4, 0.5) is 0 Å². The number of carboxylic acid groups (broad SMARTS) is 1. The van der Waals surface area contributed by atoms with Gasteiger partial charge in [0.15, 0.2) is 0 Å². The number of unbranched alkanes of at least 4 members (excludes halogenated alkanes) is 2. The molecule has 0 aromatic heterocycles. The summed E-state index contributed by atoms with van der Waals surface area (Å²) in [5.41, 5.74) is 16.5. The third kappa shape index (κ3) is 11.4. The highest BCUT2D eigenvalue weighted by molar-refractivity contribution is 5.93. The number of carbonyl (C=O) groups excluding carboxylic acids is 3. The van der Waals surface area contributed by atoms with Crippen molar-refractivity contribution in [2.24, 2.45) is 17.2 Å². The minimum Gasteiger partial charge on any atom is -0.480 e. The quantitative estimate of drug-likeness (QED) is 0.151. The number of nitrogens with one attached hydrogen (secondary N) is 3. The molecule has 0 bridgehead atoms. The average molecular weight is 417 g/mol. The molecule has 0 aliphatic rings. The third-order valence-corrected chi connectivity index (χ3v) is 4.30. The Morgan fingerprint density at radius 1 is 0.759 bits per heavy atom. The topological polar surface area (TPSA) is 203 Å². The molecule has 4 atom stereocenters. The summed E-state index contributed by atoms with van der Waals surface area (Å²) in [6, 6.07) is -3.71. The van der Waals surface area contributed by atoms with Crippen molar-refractivity contribution < 1.29 is 24.3 Å². The van der Waals surface area contributed by atoms with Crippen LogP contribution >= 0.6 is 0 Å². The fourth-order valence-corrected chi connectivity index (χ4v) is 2.47. The molecule has 0 saturated heterocycles. The molecular formula is C18H36N6O5. The number of hydrogen-bond acceptors (Lipinski definition) is 7. The van der Waals surface area contributed by atoms with Gasteiger partial charge in [0, 0.05) is 0 Å². The lowest BCUT2D eigenvalue weighted by atomic mass is 10.0. The molecule has 3 amide bonds. The summed E-state index contributed by atoms with van der Waals surface area (Å²) in [5, 5.41) is 16.5. The molecule has 168 valence electrons. The minimum absolute atomic E-state index is 0.290. The Morgan fingerprint density at radius 2 is 1.17 bits per heavy atom. The smallest absolute Gasteiger partial charge is 0.325 e. The van der Waals surface area contributed by atoms with E-state index in [4.69, 9.17) is 22.3 Å². The molecule has 0 radical (unpaired) electrons. The highest BCUT2D eigenvalue weighted by Gasteiger charge is 2.28. The van der Waals surface area contributed by atoms with Crippen LogP contribution in [-0.2, 0) is 19.2 Å². The summed E-state index contributed by atoms with van der Waals surface area (Å²) in [7, 11) is 0. The van der Waals surface area contributed by atoms with Crippen LogP contribution in [0.3, 0.4) is 0 Å². The van der Waals surface area contributed by atoms with Gasteiger partial charge < -0.3 is 38.3 Å². The van der Waals surface area contributed by atoms with Crippen LogP contribution in [0, 0.1) is 0 Å². The van der Waals surface area contributed by atoms with Crippen LogP contribution in [0.2, 0.25) is 0 Å². The molecule has 10 N–H and O–H groups in total. The molecule has 0 saturated carbocycles. The Kier molecular flexibility index (Phi) is 13.6. The Hall–Kier alpha value is -2.24. The second kappa shape index (κ2) is 14.7. The molecule has 0 aromatic carbocycles. The zero-order chi connectivity index (χ0) is 22.4. The maximum atomic E-state index is 12.7. The van der Waals surface area contributed by atoms with Crippen molar-refractivity contribution in [3.63, 3.8) is 0 Å². The van der Waals surface area contributed by atoms with E-state index in [0.717, 1.165) is 0 Å². The summed E-state index contributed by atoms with van der Waals surface area (Å²) in [4.78, 5) is 48.1. The minimum atomic E-state index is -1.19. The monoisotopic (exact) mass is 416 g/mol. The molecule has 0 aliphatic heterocycles. The van der Waals surface area contributed by atoms with Crippen molar-refractivity contribution in [2.45, 2.75) is 76.5 Å². The van der Waals surface area contributed by atoms with Gasteiger partial charge in [-0.05, 0) is 65.5 Å². The first-order valence-electron chi connectivity index (χ1n) is 9.93. The lowest BCUT2D eigenvalue weighted by Gasteiger charge is -2.24. The van der Waals surface area contributed by atoms with Gasteiger partial charge in [0.1, 0.15) is 18.1 Å². The molecule has 4 unspecified atom stereocenters. The molecule has 29 heavy (non-hydrogen) atoms. The average Bonchev–Trinajstić information content (AvgIpc) is 2.65. The van der Waals surface area contributed by atoms with Crippen LogP contribution in [-0.4, -0.2) is 66.1 Å². The number of nitrogens with two attached hydrogens (primary N) is 3. The number of rotatable bonds is 15. The summed E-state index contributed by atoms with van der Waals surface area (Å²) in [6.07, 6.45) is 3.13. The maximum absolute atomic E-state index is 12.7. The number of carbonyl (C=O) groups is 4. The van der Waals surface area contributed by atoms with Gasteiger partial charge in [-0.1, -0.05) is 0 Å². The molecule has 11 nitrogen and oxygen atoms in total. The van der Waals surface area contributed by atoms with Crippen molar-refractivity contribution in [1.29, 1.82) is 0 Å². The summed E-state index contributed by atoms with van der Waals surface area (Å²) in [5.74, 6) is -2.81. The predicted octanol–water partition coefficient (Wildman–Crippen LogP) is -1.85. The SMILES string of the molecule is CC(N)C(=O)NC(CCCCN)C(=O)NC(CCCCN)C(=O)NC(C)C(=O)O.